The Morgan fingerprint density at radius 3 is 2.04 bits per heavy atom. The molecule has 0 unspecified atom stereocenters. The van der Waals surface area contributed by atoms with Gasteiger partial charge < -0.3 is 0 Å². The number of rotatable bonds is 9. The predicted octanol–water partition coefficient (Wildman–Crippen LogP) is 2.10. The summed E-state index contributed by atoms with van der Waals surface area (Å²) in [5, 5.41) is 2.31. The fourth-order valence-corrected chi connectivity index (χ4v) is 2.68. The van der Waals surface area contributed by atoms with Gasteiger partial charge in [0.1, 0.15) is 0 Å². The van der Waals surface area contributed by atoms with Crippen molar-refractivity contribution in [2.45, 2.75) is 33.6 Å². The van der Waals surface area contributed by atoms with Crippen LogP contribution in [-0.4, -0.2) is 56.7 Å². The molecule has 0 heterocycles. The van der Waals surface area contributed by atoms with Crippen LogP contribution >= 0.6 is 23.5 Å². The minimum absolute atomic E-state index is 0.00217. The lowest BCUT2D eigenvalue weighted by Crippen LogP contribution is -2.51. The lowest BCUT2D eigenvalue weighted by Gasteiger charge is -2.34. The Balaban J connectivity index is 4.95. The number of carbonyl (C=O) groups excluding carboxylic acids is 4. The summed E-state index contributed by atoms with van der Waals surface area (Å²) in [5.41, 5.74) is 0. The van der Waals surface area contributed by atoms with E-state index in [2.05, 4.69) is 6.58 Å². The zero-order valence-corrected chi connectivity index (χ0v) is 15.5. The van der Waals surface area contributed by atoms with Gasteiger partial charge in [0.15, 0.2) is 5.12 Å². The molecule has 0 aliphatic heterocycles. The summed E-state index contributed by atoms with van der Waals surface area (Å²) in [6.07, 6.45) is 2.77. The highest BCUT2D eigenvalue weighted by Gasteiger charge is 2.25. The van der Waals surface area contributed by atoms with Crippen LogP contribution in [0.2, 0.25) is 0 Å². The van der Waals surface area contributed by atoms with E-state index in [1.807, 2.05) is 6.92 Å². The third-order valence-electron chi connectivity index (χ3n) is 2.79. The number of carbonyl (C=O) groups is 4. The van der Waals surface area contributed by atoms with E-state index in [0.717, 1.165) is 42.4 Å². The number of hydrogen-bond acceptors (Lipinski definition) is 6. The van der Waals surface area contributed by atoms with E-state index in [9.17, 15) is 19.2 Å². The molecule has 8 heteroatoms. The van der Waals surface area contributed by atoms with Crippen LogP contribution in [0.3, 0.4) is 0 Å². The molecule has 0 bridgehead atoms. The van der Waals surface area contributed by atoms with Gasteiger partial charge in [-0.1, -0.05) is 43.4 Å². The van der Waals surface area contributed by atoms with Crippen molar-refractivity contribution in [3.63, 3.8) is 0 Å². The highest BCUT2D eigenvalue weighted by molar-refractivity contribution is 8.14. The molecule has 23 heavy (non-hydrogen) atoms. The van der Waals surface area contributed by atoms with Crippen LogP contribution in [0.5, 0.6) is 0 Å². The summed E-state index contributed by atoms with van der Waals surface area (Å²) in [5.74, 6) is -0.644. The molecule has 0 radical (unpaired) electrons. The van der Waals surface area contributed by atoms with Crippen molar-refractivity contribution in [1.82, 2.24) is 10.0 Å². The first-order chi connectivity index (χ1) is 10.9. The Labute approximate surface area is 146 Å². The molecule has 0 aromatic heterocycles. The van der Waals surface area contributed by atoms with Crippen molar-refractivity contribution < 1.29 is 19.2 Å². The molecular weight excluding hydrogens is 336 g/mol. The molecule has 2 amide bonds. The molecule has 0 saturated heterocycles. The summed E-state index contributed by atoms with van der Waals surface area (Å²) in [6, 6.07) is 0. The van der Waals surface area contributed by atoms with Crippen LogP contribution in [-0.2, 0) is 19.2 Å². The van der Waals surface area contributed by atoms with E-state index in [1.54, 1.807) is 6.92 Å². The average molecular weight is 361 g/mol. The predicted molar refractivity (Wildman–Crippen MR) is 94.8 cm³/mol. The van der Waals surface area contributed by atoms with Crippen LogP contribution in [0.25, 0.3) is 0 Å². The van der Waals surface area contributed by atoms with Crippen molar-refractivity contribution >= 4 is 45.6 Å². The second-order valence-electron chi connectivity index (χ2n) is 4.57. The van der Waals surface area contributed by atoms with E-state index >= 15 is 0 Å². The van der Waals surface area contributed by atoms with E-state index in [-0.39, 0.29) is 33.6 Å². The molecule has 0 rings (SSSR count). The fourth-order valence-electron chi connectivity index (χ4n) is 1.67. The highest BCUT2D eigenvalue weighted by atomic mass is 32.2. The molecule has 0 saturated carbocycles. The van der Waals surface area contributed by atoms with Crippen molar-refractivity contribution in [1.29, 1.82) is 0 Å². The summed E-state index contributed by atoms with van der Waals surface area (Å²) in [7, 11) is 0. The van der Waals surface area contributed by atoms with Gasteiger partial charge >= 0.3 is 0 Å². The zero-order valence-electron chi connectivity index (χ0n) is 13.9. The van der Waals surface area contributed by atoms with Crippen LogP contribution in [0, 0.1) is 0 Å². The smallest absolute Gasteiger partial charge is 0.251 e. The van der Waals surface area contributed by atoms with Gasteiger partial charge in [0.2, 0.25) is 5.12 Å². The Morgan fingerprint density at radius 2 is 1.57 bits per heavy atom. The minimum Gasteiger partial charge on any atom is -0.288 e. The Hall–Kier alpha value is -1.28. The fraction of sp³-hybridized carbons (Fsp3) is 0.600. The maximum absolute atomic E-state index is 12.4. The number of thioether (sulfide) groups is 2. The Kier molecular flexibility index (Phi) is 11.5. The monoisotopic (exact) mass is 360 g/mol. The normalized spacial score (nSPS) is 10.0. The largest absolute Gasteiger partial charge is 0.288 e. The second-order valence-corrected chi connectivity index (χ2v) is 6.70. The number of hydrogen-bond donors (Lipinski definition) is 0. The van der Waals surface area contributed by atoms with E-state index in [1.165, 1.54) is 16.9 Å². The molecular formula is C15H24N2O4S2. The van der Waals surface area contributed by atoms with Gasteiger partial charge in [-0.3, -0.25) is 29.2 Å². The van der Waals surface area contributed by atoms with Crippen LogP contribution in [0.15, 0.2) is 12.7 Å². The molecule has 0 spiro atoms. The van der Waals surface area contributed by atoms with Gasteiger partial charge in [0.25, 0.3) is 11.8 Å². The van der Waals surface area contributed by atoms with Gasteiger partial charge in [-0.05, 0) is 19.4 Å². The number of unbranched alkanes of at least 4 members (excludes halogenated alkanes) is 1. The molecule has 0 aromatic rings. The van der Waals surface area contributed by atoms with Crippen LogP contribution in [0.4, 0.5) is 0 Å². The third kappa shape index (κ3) is 8.80. The standard InChI is InChI=1S/C15H24N2O4S2/c1-5-8-9-17(14(20)11-23-15(21)6-2)16(7-3)13(19)10-22-12(4)18/h6H,2,5,7-11H2,1,3-4H3. The zero-order chi connectivity index (χ0) is 17.8. The Bertz CT molecular complexity index is 455. The number of nitrogens with zero attached hydrogens (tertiary/aromatic N) is 2. The van der Waals surface area contributed by atoms with Crippen molar-refractivity contribution in [2.24, 2.45) is 0 Å². The van der Waals surface area contributed by atoms with Gasteiger partial charge in [0, 0.05) is 20.0 Å². The summed E-state index contributed by atoms with van der Waals surface area (Å²) >= 11 is 1.78. The van der Waals surface area contributed by atoms with E-state index in [0.29, 0.717) is 13.1 Å². The molecule has 0 aliphatic rings. The van der Waals surface area contributed by atoms with Gasteiger partial charge in [0.05, 0.1) is 11.5 Å². The summed E-state index contributed by atoms with van der Waals surface area (Å²) < 4.78 is 0. The lowest BCUT2D eigenvalue weighted by atomic mass is 10.3. The molecule has 130 valence electrons. The number of amides is 2. The molecule has 0 aliphatic carbocycles. The Morgan fingerprint density at radius 1 is 1.00 bits per heavy atom. The molecule has 0 atom stereocenters. The van der Waals surface area contributed by atoms with Gasteiger partial charge in [-0.15, -0.1) is 0 Å². The maximum Gasteiger partial charge on any atom is 0.251 e. The molecule has 0 fully saturated rings. The summed E-state index contributed by atoms with van der Waals surface area (Å²) in [4.78, 5) is 46.9. The first-order valence-corrected chi connectivity index (χ1v) is 9.37. The van der Waals surface area contributed by atoms with E-state index in [4.69, 9.17) is 0 Å². The molecule has 0 N–H and O–H groups in total. The first kappa shape index (κ1) is 21.7. The van der Waals surface area contributed by atoms with E-state index < -0.39 is 0 Å². The van der Waals surface area contributed by atoms with Crippen molar-refractivity contribution in [3.05, 3.63) is 12.7 Å². The van der Waals surface area contributed by atoms with Crippen LogP contribution < -0.4 is 0 Å². The summed E-state index contributed by atoms with van der Waals surface area (Å²) in [6.45, 7) is 9.24. The maximum atomic E-state index is 12.4. The second kappa shape index (κ2) is 12.2. The minimum atomic E-state index is -0.304. The van der Waals surface area contributed by atoms with Crippen molar-refractivity contribution in [2.75, 3.05) is 24.6 Å². The highest BCUT2D eigenvalue weighted by Crippen LogP contribution is 2.11. The topological polar surface area (TPSA) is 74.8 Å². The average Bonchev–Trinajstić information content (AvgIpc) is 2.53. The first-order valence-electron chi connectivity index (χ1n) is 7.40. The van der Waals surface area contributed by atoms with Crippen LogP contribution in [0.1, 0.15) is 33.6 Å². The SMILES string of the molecule is C=CC(=O)SCC(=O)N(CCCC)N(CC)C(=O)CSC(C)=O. The third-order valence-corrected chi connectivity index (χ3v) is 4.43. The van der Waals surface area contributed by atoms with Gasteiger partial charge in [-0.2, -0.15) is 0 Å². The van der Waals surface area contributed by atoms with Crippen molar-refractivity contribution in [3.8, 4) is 0 Å². The molecule has 0 aromatic carbocycles. The molecule has 6 nitrogen and oxygen atoms in total. The lowest BCUT2D eigenvalue weighted by molar-refractivity contribution is -0.160. The van der Waals surface area contributed by atoms with Gasteiger partial charge in [-0.25, -0.2) is 0 Å². The number of hydrazine groups is 1. The quantitative estimate of drug-likeness (QED) is 0.463.